The molecule has 0 aliphatic carbocycles. The lowest BCUT2D eigenvalue weighted by molar-refractivity contribution is 0.0700. The highest BCUT2D eigenvalue weighted by Crippen LogP contribution is 2.22. The smallest absolute Gasteiger partial charge is 0.347 e. The van der Waals surface area contributed by atoms with Crippen LogP contribution in [0.15, 0.2) is 0 Å². The Morgan fingerprint density at radius 1 is 1.53 bits per heavy atom. The number of carbonyl (C=O) groups is 1. The predicted molar refractivity (Wildman–Crippen MR) is 67.8 cm³/mol. The summed E-state index contributed by atoms with van der Waals surface area (Å²) in [6.45, 7) is 4.81. The van der Waals surface area contributed by atoms with Crippen molar-refractivity contribution in [2.45, 2.75) is 33.1 Å². The molecule has 0 bridgehead atoms. The van der Waals surface area contributed by atoms with Gasteiger partial charge in [-0.15, -0.1) is 11.3 Å². The summed E-state index contributed by atoms with van der Waals surface area (Å²) in [6, 6.07) is 0. The number of aryl methyl sites for hydroxylation is 1. The molecule has 4 nitrogen and oxygen atoms in total. The summed E-state index contributed by atoms with van der Waals surface area (Å²) in [7, 11) is 1.66. The van der Waals surface area contributed by atoms with Crippen molar-refractivity contribution in [2.75, 3.05) is 13.7 Å². The molecule has 0 saturated heterocycles. The van der Waals surface area contributed by atoms with E-state index in [0.29, 0.717) is 17.4 Å². The highest BCUT2D eigenvalue weighted by molar-refractivity contribution is 7.13. The summed E-state index contributed by atoms with van der Waals surface area (Å²) in [4.78, 5) is 15.9. The summed E-state index contributed by atoms with van der Waals surface area (Å²) in [6.07, 6.45) is 2.39. The normalized spacial score (nSPS) is 11.1. The third kappa shape index (κ3) is 4.44. The molecular weight excluding hydrogens is 238 g/mol. The van der Waals surface area contributed by atoms with E-state index < -0.39 is 5.97 Å². The number of ether oxygens (including phenoxy) is 1. The van der Waals surface area contributed by atoms with Crippen LogP contribution in [-0.2, 0) is 17.6 Å². The van der Waals surface area contributed by atoms with Crippen LogP contribution in [0.4, 0.5) is 0 Å². The Balaban J connectivity index is 2.76. The van der Waals surface area contributed by atoms with E-state index in [4.69, 9.17) is 9.84 Å². The summed E-state index contributed by atoms with van der Waals surface area (Å²) >= 11 is 1.29. The number of thiazole rings is 1. The molecule has 96 valence electrons. The van der Waals surface area contributed by atoms with Crippen molar-refractivity contribution < 1.29 is 14.6 Å². The van der Waals surface area contributed by atoms with Crippen molar-refractivity contribution in [2.24, 2.45) is 5.92 Å². The van der Waals surface area contributed by atoms with E-state index in [2.05, 4.69) is 18.8 Å². The zero-order valence-electron chi connectivity index (χ0n) is 10.5. The lowest BCUT2D eigenvalue weighted by atomic mass is 10.1. The van der Waals surface area contributed by atoms with Gasteiger partial charge in [-0.05, 0) is 18.8 Å². The number of carboxylic acid groups (broad SMARTS) is 1. The SMILES string of the molecule is COCCCc1nc(CC(C)C)c(C(=O)O)s1. The van der Waals surface area contributed by atoms with E-state index >= 15 is 0 Å². The van der Waals surface area contributed by atoms with Crippen LogP contribution in [0.1, 0.15) is 40.6 Å². The third-order valence-electron chi connectivity index (χ3n) is 2.28. The Labute approximate surface area is 106 Å². The van der Waals surface area contributed by atoms with Gasteiger partial charge in [-0.1, -0.05) is 13.8 Å². The van der Waals surface area contributed by atoms with Gasteiger partial charge in [0.1, 0.15) is 4.88 Å². The van der Waals surface area contributed by atoms with Crippen LogP contribution in [0.25, 0.3) is 0 Å². The van der Waals surface area contributed by atoms with E-state index in [-0.39, 0.29) is 0 Å². The molecule has 0 spiro atoms. The van der Waals surface area contributed by atoms with Crippen molar-refractivity contribution in [3.05, 3.63) is 15.6 Å². The van der Waals surface area contributed by atoms with Crippen LogP contribution >= 0.6 is 11.3 Å². The fourth-order valence-electron chi connectivity index (χ4n) is 1.57. The number of carboxylic acids is 1. The minimum atomic E-state index is -0.865. The average molecular weight is 257 g/mol. The molecule has 1 aromatic rings. The van der Waals surface area contributed by atoms with E-state index in [1.165, 1.54) is 11.3 Å². The number of rotatable bonds is 7. The van der Waals surface area contributed by atoms with Crippen molar-refractivity contribution in [3.8, 4) is 0 Å². The molecule has 0 fully saturated rings. The maximum atomic E-state index is 11.1. The van der Waals surface area contributed by atoms with Crippen molar-refractivity contribution in [1.29, 1.82) is 0 Å². The maximum Gasteiger partial charge on any atom is 0.347 e. The van der Waals surface area contributed by atoms with Crippen LogP contribution < -0.4 is 0 Å². The molecule has 1 heterocycles. The first-order valence-corrected chi connectivity index (χ1v) is 6.57. The number of methoxy groups -OCH3 is 1. The van der Waals surface area contributed by atoms with Gasteiger partial charge in [0.2, 0.25) is 0 Å². The van der Waals surface area contributed by atoms with E-state index in [9.17, 15) is 4.79 Å². The van der Waals surface area contributed by atoms with E-state index in [0.717, 1.165) is 30.0 Å². The summed E-state index contributed by atoms with van der Waals surface area (Å²) in [5.74, 6) is -0.446. The molecule has 1 rings (SSSR count). The zero-order valence-corrected chi connectivity index (χ0v) is 11.3. The van der Waals surface area contributed by atoms with Gasteiger partial charge in [-0.2, -0.15) is 0 Å². The van der Waals surface area contributed by atoms with Crippen LogP contribution in [0, 0.1) is 5.92 Å². The quantitative estimate of drug-likeness (QED) is 0.763. The predicted octanol–water partition coefficient (Wildman–Crippen LogP) is 2.62. The van der Waals surface area contributed by atoms with Gasteiger partial charge < -0.3 is 9.84 Å². The fourth-order valence-corrected chi connectivity index (χ4v) is 2.54. The van der Waals surface area contributed by atoms with Crippen LogP contribution in [0.2, 0.25) is 0 Å². The molecule has 0 aliphatic heterocycles. The summed E-state index contributed by atoms with van der Waals surface area (Å²) in [5.41, 5.74) is 0.727. The van der Waals surface area contributed by atoms with E-state index in [1.807, 2.05) is 0 Å². The molecule has 17 heavy (non-hydrogen) atoms. The topological polar surface area (TPSA) is 59.4 Å². The van der Waals surface area contributed by atoms with Gasteiger partial charge in [0.15, 0.2) is 0 Å². The zero-order chi connectivity index (χ0) is 12.8. The van der Waals surface area contributed by atoms with Gasteiger partial charge in [0, 0.05) is 20.1 Å². The number of nitrogens with zero attached hydrogens (tertiary/aromatic N) is 1. The standard InChI is InChI=1S/C12H19NO3S/c1-8(2)7-9-11(12(14)15)17-10(13-9)5-4-6-16-3/h8H,4-7H2,1-3H3,(H,14,15). The molecule has 0 amide bonds. The first kappa shape index (κ1) is 14.1. The first-order chi connectivity index (χ1) is 8.04. The van der Waals surface area contributed by atoms with Gasteiger partial charge in [0.05, 0.1) is 10.7 Å². The minimum absolute atomic E-state index is 0.395. The second-order valence-electron chi connectivity index (χ2n) is 4.38. The van der Waals surface area contributed by atoms with Gasteiger partial charge in [-0.3, -0.25) is 0 Å². The lowest BCUT2D eigenvalue weighted by Crippen LogP contribution is -2.02. The molecule has 1 N–H and O–H groups in total. The Bertz CT molecular complexity index is 374. The lowest BCUT2D eigenvalue weighted by Gasteiger charge is -2.01. The highest BCUT2D eigenvalue weighted by Gasteiger charge is 2.17. The van der Waals surface area contributed by atoms with Gasteiger partial charge in [-0.25, -0.2) is 9.78 Å². The van der Waals surface area contributed by atoms with Crippen LogP contribution in [-0.4, -0.2) is 29.8 Å². The van der Waals surface area contributed by atoms with Gasteiger partial charge >= 0.3 is 5.97 Å². The van der Waals surface area contributed by atoms with E-state index in [1.54, 1.807) is 7.11 Å². The second kappa shape index (κ2) is 6.71. The highest BCUT2D eigenvalue weighted by atomic mass is 32.1. The van der Waals surface area contributed by atoms with Crippen molar-refractivity contribution in [3.63, 3.8) is 0 Å². The monoisotopic (exact) mass is 257 g/mol. The van der Waals surface area contributed by atoms with Crippen molar-refractivity contribution >= 4 is 17.3 Å². The van der Waals surface area contributed by atoms with Gasteiger partial charge in [0.25, 0.3) is 0 Å². The van der Waals surface area contributed by atoms with Crippen LogP contribution in [0.5, 0.6) is 0 Å². The number of hydrogen-bond donors (Lipinski definition) is 1. The molecule has 0 unspecified atom stereocenters. The molecule has 0 aromatic carbocycles. The molecule has 5 heteroatoms. The summed E-state index contributed by atoms with van der Waals surface area (Å²) in [5, 5.41) is 10.0. The largest absolute Gasteiger partial charge is 0.477 e. The Hall–Kier alpha value is -0.940. The third-order valence-corrected chi connectivity index (χ3v) is 3.42. The molecule has 0 radical (unpaired) electrons. The number of aromatic nitrogens is 1. The second-order valence-corrected chi connectivity index (χ2v) is 5.47. The Morgan fingerprint density at radius 3 is 2.76 bits per heavy atom. The number of aromatic carboxylic acids is 1. The maximum absolute atomic E-state index is 11.1. The average Bonchev–Trinajstić information content (AvgIpc) is 2.60. The Morgan fingerprint density at radius 2 is 2.24 bits per heavy atom. The molecule has 0 atom stereocenters. The van der Waals surface area contributed by atoms with Crippen LogP contribution in [0.3, 0.4) is 0 Å². The fraction of sp³-hybridized carbons (Fsp3) is 0.667. The minimum Gasteiger partial charge on any atom is -0.477 e. The summed E-state index contributed by atoms with van der Waals surface area (Å²) < 4.78 is 4.97. The van der Waals surface area contributed by atoms with Crippen molar-refractivity contribution in [1.82, 2.24) is 4.98 Å². The molecular formula is C12H19NO3S. The number of hydrogen-bond acceptors (Lipinski definition) is 4. The molecule has 1 aromatic heterocycles. The Kier molecular flexibility index (Phi) is 5.58. The molecule has 0 saturated carbocycles. The first-order valence-electron chi connectivity index (χ1n) is 5.75. The molecule has 0 aliphatic rings.